The number of carbonyl (C=O) groups is 1. The van der Waals surface area contributed by atoms with Gasteiger partial charge in [-0.1, -0.05) is 6.92 Å². The van der Waals surface area contributed by atoms with Gasteiger partial charge in [0.25, 0.3) is 5.91 Å². The monoisotopic (exact) mass is 318 g/mol. The second-order valence-electron chi connectivity index (χ2n) is 7.09. The molecule has 2 aliphatic rings. The Morgan fingerprint density at radius 3 is 2.13 bits per heavy atom. The van der Waals surface area contributed by atoms with Gasteiger partial charge >= 0.3 is 0 Å². The number of nitrogens with zero attached hydrogens (tertiary/aromatic N) is 4. The first kappa shape index (κ1) is 18.0. The van der Waals surface area contributed by atoms with Crippen LogP contribution in [-0.2, 0) is 4.79 Å². The van der Waals surface area contributed by atoms with Crippen LogP contribution in [0, 0.1) is 11.3 Å². The van der Waals surface area contributed by atoms with Crippen LogP contribution >= 0.6 is 0 Å². The summed E-state index contributed by atoms with van der Waals surface area (Å²) >= 11 is 0. The molecule has 128 valence electrons. The quantitative estimate of drug-likeness (QED) is 0.586. The Labute approximate surface area is 140 Å². The van der Waals surface area contributed by atoms with Crippen molar-refractivity contribution in [3.05, 3.63) is 11.1 Å². The highest BCUT2D eigenvalue weighted by molar-refractivity contribution is 5.98. The Hall–Kier alpha value is -1.38. The Morgan fingerprint density at radius 1 is 1.09 bits per heavy atom. The Kier molecular flexibility index (Phi) is 5.83. The molecule has 2 heterocycles. The van der Waals surface area contributed by atoms with Gasteiger partial charge in [0.15, 0.2) is 0 Å². The summed E-state index contributed by atoms with van der Waals surface area (Å²) in [6, 6.07) is 2.19. The van der Waals surface area contributed by atoms with Crippen molar-refractivity contribution in [2.24, 2.45) is 0 Å². The van der Waals surface area contributed by atoms with Crippen molar-refractivity contribution in [1.82, 2.24) is 14.7 Å². The van der Waals surface area contributed by atoms with Gasteiger partial charge in [-0.3, -0.25) is 9.69 Å². The van der Waals surface area contributed by atoms with Gasteiger partial charge in [-0.25, -0.2) is 0 Å². The predicted octanol–water partition coefficient (Wildman–Crippen LogP) is 1.86. The second-order valence-corrected chi connectivity index (χ2v) is 7.09. The minimum atomic E-state index is -0.264. The molecule has 23 heavy (non-hydrogen) atoms. The molecule has 5 nitrogen and oxygen atoms in total. The number of hydrogen-bond donors (Lipinski definition) is 0. The summed E-state index contributed by atoms with van der Waals surface area (Å²) in [5.74, 6) is -0.0808. The number of likely N-dealkylation sites (tertiary alicyclic amines) is 1. The summed E-state index contributed by atoms with van der Waals surface area (Å²) in [5.41, 5.74) is 0.983. The van der Waals surface area contributed by atoms with Crippen molar-refractivity contribution >= 4 is 5.91 Å². The number of likely N-dealkylation sites (N-methyl/N-ethyl adjacent to an activating group) is 1. The maximum absolute atomic E-state index is 12.7. The van der Waals surface area contributed by atoms with E-state index < -0.39 is 0 Å². The third kappa shape index (κ3) is 3.76. The lowest BCUT2D eigenvalue weighted by atomic mass is 9.88. The lowest BCUT2D eigenvalue weighted by Crippen LogP contribution is -2.55. The molecular weight excluding hydrogens is 288 g/mol. The largest absolute Gasteiger partial charge is 0.338 e. The van der Waals surface area contributed by atoms with Crippen LogP contribution in [0.4, 0.5) is 0 Å². The van der Waals surface area contributed by atoms with Crippen LogP contribution in [0.5, 0.6) is 0 Å². The van der Waals surface area contributed by atoms with Crippen LogP contribution in [0.2, 0.25) is 0 Å². The maximum atomic E-state index is 12.7. The highest BCUT2D eigenvalue weighted by atomic mass is 16.2. The van der Waals surface area contributed by atoms with Crippen molar-refractivity contribution in [2.75, 3.05) is 45.8 Å². The fourth-order valence-corrected chi connectivity index (χ4v) is 3.54. The highest BCUT2D eigenvalue weighted by Gasteiger charge is 2.35. The van der Waals surface area contributed by atoms with Crippen molar-refractivity contribution in [2.45, 2.75) is 46.1 Å². The molecule has 0 bridgehead atoms. The summed E-state index contributed by atoms with van der Waals surface area (Å²) in [6.07, 6.45) is 2.09. The lowest BCUT2D eigenvalue weighted by Gasteiger charge is -2.45. The topological polar surface area (TPSA) is 50.6 Å². The van der Waals surface area contributed by atoms with Gasteiger partial charge in [0.2, 0.25) is 0 Å². The van der Waals surface area contributed by atoms with Crippen LogP contribution in [0.25, 0.3) is 0 Å². The minimum absolute atomic E-state index is 0.0808. The molecule has 0 N–H and O–H groups in total. The molecule has 1 amide bonds. The molecule has 0 radical (unpaired) electrons. The second kappa shape index (κ2) is 7.46. The van der Waals surface area contributed by atoms with E-state index in [0.717, 1.165) is 64.2 Å². The maximum Gasteiger partial charge on any atom is 0.264 e. The van der Waals surface area contributed by atoms with Gasteiger partial charge in [0, 0.05) is 44.8 Å². The molecule has 0 unspecified atom stereocenters. The van der Waals surface area contributed by atoms with Crippen LogP contribution in [0.1, 0.15) is 40.5 Å². The third-order valence-corrected chi connectivity index (χ3v) is 5.62. The fraction of sp³-hybridized carbons (Fsp3) is 0.778. The zero-order valence-corrected chi connectivity index (χ0v) is 15.1. The predicted molar refractivity (Wildman–Crippen MR) is 91.9 cm³/mol. The van der Waals surface area contributed by atoms with E-state index in [1.54, 1.807) is 0 Å². The van der Waals surface area contributed by atoms with E-state index in [1.165, 1.54) is 0 Å². The van der Waals surface area contributed by atoms with Gasteiger partial charge < -0.3 is 9.80 Å². The number of hydrogen-bond acceptors (Lipinski definition) is 4. The highest BCUT2D eigenvalue weighted by Crippen LogP contribution is 2.28. The normalized spacial score (nSPS) is 22.0. The Morgan fingerprint density at radius 2 is 1.65 bits per heavy atom. The van der Waals surface area contributed by atoms with Crippen molar-refractivity contribution in [3.8, 4) is 6.07 Å². The standard InChI is InChI=1S/C18H30N4O/c1-5-20-10-12-22(13-11-20)18(3,4)15(2)16(14-19)17(23)21-8-6-7-9-21/h5-13H2,1-4H3. The van der Waals surface area contributed by atoms with Crippen molar-refractivity contribution in [3.63, 3.8) is 0 Å². The number of piperazine rings is 1. The van der Waals surface area contributed by atoms with Gasteiger partial charge in [0.05, 0.1) is 0 Å². The van der Waals surface area contributed by atoms with E-state index in [9.17, 15) is 10.1 Å². The number of carbonyl (C=O) groups excluding carboxylic acids is 1. The van der Waals surface area contributed by atoms with E-state index in [0.29, 0.717) is 5.57 Å². The first-order valence-electron chi connectivity index (χ1n) is 8.80. The summed E-state index contributed by atoms with van der Waals surface area (Å²) in [4.78, 5) is 19.3. The summed E-state index contributed by atoms with van der Waals surface area (Å²) in [6.45, 7) is 15.1. The summed E-state index contributed by atoms with van der Waals surface area (Å²) in [7, 11) is 0. The summed E-state index contributed by atoms with van der Waals surface area (Å²) in [5, 5.41) is 9.59. The molecule has 0 aliphatic carbocycles. The molecule has 0 aromatic carbocycles. The average molecular weight is 318 g/mol. The van der Waals surface area contributed by atoms with E-state index >= 15 is 0 Å². The van der Waals surface area contributed by atoms with Crippen LogP contribution < -0.4 is 0 Å². The van der Waals surface area contributed by atoms with E-state index in [2.05, 4.69) is 36.6 Å². The number of nitriles is 1. The minimum Gasteiger partial charge on any atom is -0.338 e. The molecule has 2 saturated heterocycles. The Bertz CT molecular complexity index is 504. The first-order chi connectivity index (χ1) is 10.9. The first-order valence-corrected chi connectivity index (χ1v) is 8.80. The summed E-state index contributed by atoms with van der Waals surface area (Å²) < 4.78 is 0. The van der Waals surface area contributed by atoms with Crippen molar-refractivity contribution in [1.29, 1.82) is 5.26 Å². The average Bonchev–Trinajstić information content (AvgIpc) is 3.09. The van der Waals surface area contributed by atoms with Crippen LogP contribution in [-0.4, -0.2) is 72.0 Å². The van der Waals surface area contributed by atoms with Gasteiger partial charge in [-0.15, -0.1) is 0 Å². The zero-order valence-electron chi connectivity index (χ0n) is 15.1. The van der Waals surface area contributed by atoms with Gasteiger partial charge in [-0.2, -0.15) is 5.26 Å². The van der Waals surface area contributed by atoms with Gasteiger partial charge in [0.1, 0.15) is 11.6 Å². The molecule has 2 fully saturated rings. The smallest absolute Gasteiger partial charge is 0.264 e. The SMILES string of the molecule is CCN1CCN(C(C)(C)C(C)=C(C#N)C(=O)N2CCCC2)CC1. The molecule has 0 aromatic rings. The molecule has 0 aromatic heterocycles. The lowest BCUT2D eigenvalue weighted by molar-refractivity contribution is -0.125. The zero-order chi connectivity index (χ0) is 17.0. The van der Waals surface area contributed by atoms with Gasteiger partial charge in [-0.05, 0) is 45.7 Å². The Balaban J connectivity index is 2.18. The third-order valence-electron chi connectivity index (χ3n) is 5.62. The number of amides is 1. The van der Waals surface area contributed by atoms with E-state index in [-0.39, 0.29) is 11.4 Å². The molecule has 0 atom stereocenters. The molecular formula is C18H30N4O. The molecule has 2 rings (SSSR count). The van der Waals surface area contributed by atoms with E-state index in [4.69, 9.17) is 0 Å². The molecule has 0 spiro atoms. The van der Waals surface area contributed by atoms with E-state index in [1.807, 2.05) is 11.8 Å². The molecule has 0 saturated carbocycles. The van der Waals surface area contributed by atoms with Crippen LogP contribution in [0.3, 0.4) is 0 Å². The number of rotatable bonds is 4. The fourth-order valence-electron chi connectivity index (χ4n) is 3.54. The molecule has 2 aliphatic heterocycles. The van der Waals surface area contributed by atoms with Crippen molar-refractivity contribution < 1.29 is 4.79 Å². The van der Waals surface area contributed by atoms with Crippen LogP contribution in [0.15, 0.2) is 11.1 Å². The molecule has 5 heteroatoms.